The van der Waals surface area contributed by atoms with Crippen LogP contribution in [0.3, 0.4) is 0 Å². The largest absolute Gasteiger partial charge is 0.439 e. The van der Waals surface area contributed by atoms with E-state index in [1.807, 2.05) is 55.5 Å². The summed E-state index contributed by atoms with van der Waals surface area (Å²) in [4.78, 5) is 25.8. The van der Waals surface area contributed by atoms with Gasteiger partial charge in [-0.2, -0.15) is 0 Å². The molecule has 0 radical (unpaired) electrons. The minimum atomic E-state index is -0.253. The van der Waals surface area contributed by atoms with E-state index in [-0.39, 0.29) is 12.1 Å². The van der Waals surface area contributed by atoms with Crippen LogP contribution in [0.4, 0.5) is 11.5 Å². The Morgan fingerprint density at radius 1 is 1.17 bits per heavy atom. The number of amides is 1. The fourth-order valence-electron chi connectivity index (χ4n) is 5.66. The summed E-state index contributed by atoms with van der Waals surface area (Å²) >= 11 is 0. The predicted molar refractivity (Wildman–Crippen MR) is 158 cm³/mol. The van der Waals surface area contributed by atoms with Gasteiger partial charge in [-0.15, -0.1) is 0 Å². The molecule has 2 aromatic carbocycles. The standard InChI is InChI=1S/C32H28N6O3/c1-3-25(39)37-22-11-9-20(10-12-22)30-28-24-14-13-23(41-26-7-4-6-19(2)36-26)16-21(24)17-33-31-29(28)32(35-18-34-31)38(30)27-8-5-15-40-27/h3-4,6-7,9-14,16,18,27H,1,5,8,15,17H2,2H3,(H,37,39)(H,33,34,35). The van der Waals surface area contributed by atoms with Crippen molar-refractivity contribution in [3.05, 3.63) is 90.9 Å². The Labute approximate surface area is 236 Å². The van der Waals surface area contributed by atoms with Crippen LogP contribution >= 0.6 is 0 Å². The molecule has 5 heterocycles. The van der Waals surface area contributed by atoms with Gasteiger partial charge in [0.15, 0.2) is 0 Å². The lowest BCUT2D eigenvalue weighted by molar-refractivity contribution is -0.111. The number of nitrogens with one attached hydrogen (secondary N) is 2. The Morgan fingerprint density at radius 3 is 2.83 bits per heavy atom. The molecule has 0 spiro atoms. The second kappa shape index (κ2) is 10.2. The number of aryl methyl sites for hydroxylation is 1. The van der Waals surface area contributed by atoms with Crippen molar-refractivity contribution in [2.75, 3.05) is 17.2 Å². The van der Waals surface area contributed by atoms with Crippen molar-refractivity contribution in [3.63, 3.8) is 0 Å². The molecule has 0 aliphatic carbocycles. The molecular weight excluding hydrogens is 516 g/mol. The van der Waals surface area contributed by atoms with Gasteiger partial charge in [0.2, 0.25) is 11.8 Å². The number of hydrogen-bond acceptors (Lipinski definition) is 7. The molecule has 1 atom stereocenters. The third-order valence-electron chi connectivity index (χ3n) is 7.47. The van der Waals surface area contributed by atoms with E-state index in [0.717, 1.165) is 63.3 Å². The lowest BCUT2D eigenvalue weighted by Gasteiger charge is -2.19. The third kappa shape index (κ3) is 4.50. The zero-order valence-electron chi connectivity index (χ0n) is 22.6. The molecule has 5 aromatic rings. The molecule has 2 aliphatic heterocycles. The number of hydrogen-bond donors (Lipinski definition) is 2. The number of benzene rings is 2. The monoisotopic (exact) mass is 544 g/mol. The smallest absolute Gasteiger partial charge is 0.247 e. The first-order valence-corrected chi connectivity index (χ1v) is 13.6. The van der Waals surface area contributed by atoms with Gasteiger partial charge in [-0.05, 0) is 72.9 Å². The molecule has 1 fully saturated rings. The summed E-state index contributed by atoms with van der Waals surface area (Å²) in [5.74, 6) is 1.78. The summed E-state index contributed by atoms with van der Waals surface area (Å²) in [6.07, 6.45) is 4.58. The number of carbonyl (C=O) groups is 1. The molecule has 0 bridgehead atoms. The Hall–Kier alpha value is -5.02. The number of fused-ring (bicyclic) bond motifs is 2. The maximum atomic E-state index is 11.9. The molecule has 1 amide bonds. The van der Waals surface area contributed by atoms with Gasteiger partial charge in [-0.3, -0.25) is 9.36 Å². The molecule has 3 aromatic heterocycles. The predicted octanol–water partition coefficient (Wildman–Crippen LogP) is 6.62. The summed E-state index contributed by atoms with van der Waals surface area (Å²) in [5, 5.41) is 7.32. The van der Waals surface area contributed by atoms with E-state index in [2.05, 4.69) is 43.9 Å². The van der Waals surface area contributed by atoms with Crippen molar-refractivity contribution in [1.82, 2.24) is 19.5 Å². The molecule has 1 unspecified atom stereocenters. The van der Waals surface area contributed by atoms with E-state index in [4.69, 9.17) is 14.5 Å². The molecule has 0 saturated carbocycles. The Bertz CT molecular complexity index is 1810. The Morgan fingerprint density at radius 2 is 2.05 bits per heavy atom. The number of nitrogens with zero attached hydrogens (tertiary/aromatic N) is 4. The van der Waals surface area contributed by atoms with Crippen LogP contribution in [0.5, 0.6) is 11.6 Å². The van der Waals surface area contributed by atoms with Gasteiger partial charge in [-0.1, -0.05) is 30.8 Å². The van der Waals surface area contributed by atoms with Crippen molar-refractivity contribution in [2.45, 2.75) is 32.5 Å². The van der Waals surface area contributed by atoms with E-state index in [1.165, 1.54) is 6.08 Å². The van der Waals surface area contributed by atoms with Gasteiger partial charge in [0.1, 0.15) is 29.8 Å². The van der Waals surface area contributed by atoms with Crippen LogP contribution in [-0.2, 0) is 16.1 Å². The van der Waals surface area contributed by atoms with Crippen LogP contribution in [0.15, 0.2) is 79.6 Å². The third-order valence-corrected chi connectivity index (χ3v) is 7.47. The summed E-state index contributed by atoms with van der Waals surface area (Å²) in [5.41, 5.74) is 7.55. The first-order chi connectivity index (χ1) is 20.1. The topological polar surface area (TPSA) is 103 Å². The van der Waals surface area contributed by atoms with E-state index in [1.54, 1.807) is 6.33 Å². The van der Waals surface area contributed by atoms with Crippen molar-refractivity contribution in [3.8, 4) is 34.0 Å². The summed E-state index contributed by atoms with van der Waals surface area (Å²) in [7, 11) is 0. The van der Waals surface area contributed by atoms with E-state index in [9.17, 15) is 4.79 Å². The van der Waals surface area contributed by atoms with E-state index >= 15 is 0 Å². The number of pyridine rings is 1. The molecule has 7 rings (SSSR count). The van der Waals surface area contributed by atoms with Gasteiger partial charge in [-0.25, -0.2) is 15.0 Å². The highest BCUT2D eigenvalue weighted by molar-refractivity contribution is 6.10. The van der Waals surface area contributed by atoms with Gasteiger partial charge in [0, 0.05) is 36.2 Å². The fourth-order valence-corrected chi connectivity index (χ4v) is 5.66. The molecular formula is C32H28N6O3. The molecule has 9 nitrogen and oxygen atoms in total. The summed E-state index contributed by atoms with van der Waals surface area (Å²) in [6.45, 7) is 6.75. The van der Waals surface area contributed by atoms with Gasteiger partial charge >= 0.3 is 0 Å². The zero-order valence-corrected chi connectivity index (χ0v) is 22.6. The quantitative estimate of drug-likeness (QED) is 0.232. The van der Waals surface area contributed by atoms with Gasteiger partial charge < -0.3 is 20.1 Å². The van der Waals surface area contributed by atoms with E-state index < -0.39 is 0 Å². The normalized spacial score (nSPS) is 15.6. The van der Waals surface area contributed by atoms with Crippen molar-refractivity contribution in [2.24, 2.45) is 0 Å². The van der Waals surface area contributed by atoms with Gasteiger partial charge in [0.25, 0.3) is 0 Å². The van der Waals surface area contributed by atoms with Crippen LogP contribution < -0.4 is 15.4 Å². The van der Waals surface area contributed by atoms with Crippen molar-refractivity contribution in [1.29, 1.82) is 0 Å². The summed E-state index contributed by atoms with van der Waals surface area (Å²) in [6, 6.07) is 19.7. The first-order valence-electron chi connectivity index (χ1n) is 13.6. The fraction of sp³-hybridized carbons (Fsp3) is 0.188. The molecule has 1 saturated heterocycles. The molecule has 204 valence electrons. The number of ether oxygens (including phenoxy) is 2. The van der Waals surface area contributed by atoms with Crippen molar-refractivity contribution >= 4 is 28.4 Å². The minimum Gasteiger partial charge on any atom is -0.439 e. The number of aromatic nitrogens is 4. The van der Waals surface area contributed by atoms with Crippen LogP contribution in [0.1, 0.15) is 30.3 Å². The molecule has 2 N–H and O–H groups in total. The Balaban J connectivity index is 1.41. The Kier molecular flexibility index (Phi) is 6.20. The maximum absolute atomic E-state index is 11.9. The molecule has 9 heteroatoms. The SMILES string of the molecule is C=CC(=O)Nc1ccc(-c2c3c4c(ncnc4n2C2CCCO2)NCc2cc(Oc4cccc(C)n4)ccc2-3)cc1. The van der Waals surface area contributed by atoms with Crippen molar-refractivity contribution < 1.29 is 14.3 Å². The van der Waals surface area contributed by atoms with Crippen LogP contribution in [-0.4, -0.2) is 32.0 Å². The highest BCUT2D eigenvalue weighted by Gasteiger charge is 2.32. The number of carbonyl (C=O) groups excluding carboxylic acids is 1. The zero-order chi connectivity index (χ0) is 27.9. The summed E-state index contributed by atoms with van der Waals surface area (Å²) < 4.78 is 14.6. The average molecular weight is 545 g/mol. The number of anilines is 2. The van der Waals surface area contributed by atoms with Gasteiger partial charge in [0.05, 0.1) is 11.1 Å². The first kappa shape index (κ1) is 25.0. The number of rotatable bonds is 6. The van der Waals surface area contributed by atoms with Crippen LogP contribution in [0.2, 0.25) is 0 Å². The lowest BCUT2D eigenvalue weighted by atomic mass is 9.95. The molecule has 2 aliphatic rings. The van der Waals surface area contributed by atoms with Crippen LogP contribution in [0, 0.1) is 6.92 Å². The highest BCUT2D eigenvalue weighted by atomic mass is 16.5. The average Bonchev–Trinajstić information content (AvgIpc) is 3.59. The minimum absolute atomic E-state index is 0.151. The second-order valence-electron chi connectivity index (χ2n) is 10.1. The van der Waals surface area contributed by atoms with E-state index in [0.29, 0.717) is 30.5 Å². The maximum Gasteiger partial charge on any atom is 0.247 e. The van der Waals surface area contributed by atoms with Crippen LogP contribution in [0.25, 0.3) is 33.4 Å². The highest BCUT2D eigenvalue weighted by Crippen LogP contribution is 2.48. The lowest BCUT2D eigenvalue weighted by Crippen LogP contribution is -2.11. The second-order valence-corrected chi connectivity index (χ2v) is 10.1. The molecule has 41 heavy (non-hydrogen) atoms.